The van der Waals surface area contributed by atoms with Crippen molar-refractivity contribution in [1.82, 2.24) is 0 Å². The molecule has 0 fully saturated rings. The molecule has 2 N–H and O–H groups in total. The molecular weight excluding hydrogens is 186 g/mol. The maximum Gasteiger partial charge on any atom is 0.334 e. The van der Waals surface area contributed by atoms with E-state index in [0.29, 0.717) is 6.61 Å². The molecule has 0 aromatic heterocycles. The molecule has 4 heteroatoms. The van der Waals surface area contributed by atoms with Gasteiger partial charge in [-0.05, 0) is 26.2 Å². The van der Waals surface area contributed by atoms with Crippen LogP contribution in [0.4, 0.5) is 0 Å². The third kappa shape index (κ3) is 2.74. The molecule has 1 aliphatic carbocycles. The lowest BCUT2D eigenvalue weighted by atomic mass is 9.99. The van der Waals surface area contributed by atoms with Gasteiger partial charge < -0.3 is 4.74 Å². The molecular formula is C9H15NO2S. The fraction of sp³-hybridized carbons (Fsp3) is 0.667. The minimum Gasteiger partial charge on any atom is -0.463 e. The summed E-state index contributed by atoms with van der Waals surface area (Å²) in [4.78, 5) is 11.4. The summed E-state index contributed by atoms with van der Waals surface area (Å²) in [6.45, 7) is 2.24. The van der Waals surface area contributed by atoms with E-state index in [1.54, 1.807) is 0 Å². The Bertz CT molecular complexity index is 216. The molecule has 0 heterocycles. The minimum absolute atomic E-state index is 0.132. The van der Waals surface area contributed by atoms with Crippen molar-refractivity contribution in [1.29, 1.82) is 0 Å². The van der Waals surface area contributed by atoms with Gasteiger partial charge >= 0.3 is 5.97 Å². The molecule has 1 atom stereocenters. The Morgan fingerprint density at radius 3 is 3.23 bits per heavy atom. The predicted molar refractivity (Wildman–Crippen MR) is 54.1 cm³/mol. The number of rotatable bonds is 3. The average Bonchev–Trinajstić information content (AvgIpc) is 2.18. The van der Waals surface area contributed by atoms with E-state index in [1.165, 1.54) is 11.9 Å². The van der Waals surface area contributed by atoms with Gasteiger partial charge in [-0.15, -0.1) is 0 Å². The monoisotopic (exact) mass is 201 g/mol. The molecule has 0 radical (unpaired) electrons. The number of hydrogen-bond acceptors (Lipinski definition) is 4. The van der Waals surface area contributed by atoms with Gasteiger partial charge in [0, 0.05) is 5.57 Å². The van der Waals surface area contributed by atoms with Gasteiger partial charge in [0.2, 0.25) is 0 Å². The highest BCUT2D eigenvalue weighted by Gasteiger charge is 2.23. The van der Waals surface area contributed by atoms with Crippen LogP contribution in [0, 0.1) is 0 Å². The van der Waals surface area contributed by atoms with E-state index in [1.807, 2.05) is 13.0 Å². The molecule has 0 aromatic carbocycles. The topological polar surface area (TPSA) is 52.3 Å². The molecule has 1 unspecified atom stereocenters. The van der Waals surface area contributed by atoms with E-state index in [0.717, 1.165) is 24.8 Å². The quantitative estimate of drug-likeness (QED) is 0.557. The second-order valence-electron chi connectivity index (χ2n) is 2.94. The fourth-order valence-corrected chi connectivity index (χ4v) is 2.06. The van der Waals surface area contributed by atoms with Crippen LogP contribution >= 0.6 is 11.9 Å². The van der Waals surface area contributed by atoms with Crippen LogP contribution in [-0.4, -0.2) is 17.8 Å². The summed E-state index contributed by atoms with van der Waals surface area (Å²) in [7, 11) is 0. The average molecular weight is 201 g/mol. The Kier molecular flexibility index (Phi) is 4.32. The Labute approximate surface area is 82.8 Å². The summed E-state index contributed by atoms with van der Waals surface area (Å²) in [5.41, 5.74) is 0.751. The molecule has 13 heavy (non-hydrogen) atoms. The maximum atomic E-state index is 11.4. The molecule has 1 rings (SSSR count). The van der Waals surface area contributed by atoms with Crippen molar-refractivity contribution in [3.63, 3.8) is 0 Å². The molecule has 0 aliphatic heterocycles. The van der Waals surface area contributed by atoms with Crippen LogP contribution in [0.25, 0.3) is 0 Å². The van der Waals surface area contributed by atoms with Crippen molar-refractivity contribution in [2.45, 2.75) is 31.4 Å². The molecule has 0 bridgehead atoms. The van der Waals surface area contributed by atoms with E-state index >= 15 is 0 Å². The van der Waals surface area contributed by atoms with E-state index in [9.17, 15) is 4.79 Å². The molecule has 3 nitrogen and oxygen atoms in total. The Morgan fingerprint density at radius 2 is 2.62 bits per heavy atom. The highest BCUT2D eigenvalue weighted by molar-refractivity contribution is 7.97. The zero-order valence-corrected chi connectivity index (χ0v) is 8.60. The van der Waals surface area contributed by atoms with Gasteiger partial charge in [-0.3, -0.25) is 5.14 Å². The van der Waals surface area contributed by atoms with Gasteiger partial charge in [-0.1, -0.05) is 18.0 Å². The van der Waals surface area contributed by atoms with Gasteiger partial charge in [-0.2, -0.15) is 0 Å². The van der Waals surface area contributed by atoms with Crippen LogP contribution in [0.2, 0.25) is 0 Å². The molecule has 0 saturated heterocycles. The first kappa shape index (κ1) is 10.6. The fourth-order valence-electron chi connectivity index (χ4n) is 1.42. The number of carbonyl (C=O) groups excluding carboxylic acids is 1. The van der Waals surface area contributed by atoms with Crippen LogP contribution in [0.3, 0.4) is 0 Å². The summed E-state index contributed by atoms with van der Waals surface area (Å²) in [5.74, 6) is -0.204. The van der Waals surface area contributed by atoms with Crippen LogP contribution in [0.5, 0.6) is 0 Å². The van der Waals surface area contributed by atoms with Gasteiger partial charge in [0.1, 0.15) is 0 Å². The molecule has 74 valence electrons. The van der Waals surface area contributed by atoms with Crippen molar-refractivity contribution in [2.75, 3.05) is 6.61 Å². The summed E-state index contributed by atoms with van der Waals surface area (Å²) in [6, 6.07) is 0. The van der Waals surface area contributed by atoms with E-state index in [4.69, 9.17) is 9.88 Å². The number of carbonyl (C=O) groups is 1. The largest absolute Gasteiger partial charge is 0.463 e. The third-order valence-corrected chi connectivity index (χ3v) is 2.88. The smallest absolute Gasteiger partial charge is 0.334 e. The van der Waals surface area contributed by atoms with Gasteiger partial charge in [0.15, 0.2) is 0 Å². The summed E-state index contributed by atoms with van der Waals surface area (Å²) < 4.78 is 4.94. The molecule has 1 aliphatic rings. The summed E-state index contributed by atoms with van der Waals surface area (Å²) >= 11 is 1.24. The lowest BCUT2D eigenvalue weighted by molar-refractivity contribution is -0.138. The van der Waals surface area contributed by atoms with Crippen molar-refractivity contribution in [3.8, 4) is 0 Å². The van der Waals surface area contributed by atoms with Crippen LogP contribution < -0.4 is 5.14 Å². The predicted octanol–water partition coefficient (Wildman–Crippen LogP) is 1.64. The van der Waals surface area contributed by atoms with E-state index in [2.05, 4.69) is 0 Å². The van der Waals surface area contributed by atoms with Crippen molar-refractivity contribution in [2.24, 2.45) is 5.14 Å². The minimum atomic E-state index is -0.204. The number of ether oxygens (including phenoxy) is 1. The van der Waals surface area contributed by atoms with Gasteiger partial charge in [-0.25, -0.2) is 4.79 Å². The standard InChI is InChI=1S/C9H15NO2S/c1-2-12-9(11)7-5-3-4-6-8(7)13-10/h5,8H,2-4,6,10H2,1H3. The van der Waals surface area contributed by atoms with E-state index in [-0.39, 0.29) is 11.2 Å². The Balaban J connectivity index is 2.63. The second-order valence-corrected chi connectivity index (χ2v) is 3.78. The SMILES string of the molecule is CCOC(=O)C1=CCCCC1SN. The summed E-state index contributed by atoms with van der Waals surface area (Å²) in [5, 5.41) is 5.63. The van der Waals surface area contributed by atoms with Gasteiger partial charge in [0.25, 0.3) is 0 Å². The number of hydrogen-bond donors (Lipinski definition) is 1. The highest BCUT2D eigenvalue weighted by atomic mass is 32.2. The van der Waals surface area contributed by atoms with Gasteiger partial charge in [0.05, 0.1) is 11.9 Å². The lowest BCUT2D eigenvalue weighted by Gasteiger charge is -2.20. The van der Waals surface area contributed by atoms with E-state index < -0.39 is 0 Å². The Morgan fingerprint density at radius 1 is 1.85 bits per heavy atom. The van der Waals surface area contributed by atoms with Crippen LogP contribution in [0.1, 0.15) is 26.2 Å². The number of nitrogens with two attached hydrogens (primary N) is 1. The third-order valence-electron chi connectivity index (χ3n) is 2.06. The zero-order chi connectivity index (χ0) is 9.68. The molecule has 0 spiro atoms. The lowest BCUT2D eigenvalue weighted by Crippen LogP contribution is -2.21. The van der Waals surface area contributed by atoms with Crippen molar-refractivity contribution < 1.29 is 9.53 Å². The summed E-state index contributed by atoms with van der Waals surface area (Å²) in [6.07, 6.45) is 5.00. The first-order valence-electron chi connectivity index (χ1n) is 4.52. The Hall–Kier alpha value is -0.480. The zero-order valence-electron chi connectivity index (χ0n) is 7.79. The molecule has 0 aromatic rings. The van der Waals surface area contributed by atoms with Crippen LogP contribution in [0.15, 0.2) is 11.6 Å². The first-order valence-corrected chi connectivity index (χ1v) is 5.46. The first-order chi connectivity index (χ1) is 6.29. The highest BCUT2D eigenvalue weighted by Crippen LogP contribution is 2.26. The maximum absolute atomic E-state index is 11.4. The normalized spacial score (nSPS) is 22.3. The molecule has 0 amide bonds. The molecule has 0 saturated carbocycles. The number of allylic oxidation sites excluding steroid dienone is 1. The second kappa shape index (κ2) is 5.29. The number of esters is 1. The van der Waals surface area contributed by atoms with Crippen molar-refractivity contribution in [3.05, 3.63) is 11.6 Å². The van der Waals surface area contributed by atoms with Crippen LogP contribution in [-0.2, 0) is 9.53 Å². The van der Waals surface area contributed by atoms with Crippen molar-refractivity contribution >= 4 is 17.9 Å².